The van der Waals surface area contributed by atoms with Crippen LogP contribution in [0.15, 0.2) is 194 Å². The average Bonchev–Trinajstić information content (AvgIpc) is 3.76. The SMILES string of the molecule is [2H]C(C)(C)c1cc(-c2ccccc2)c(-n2c(-c3cc(C(C)C)cc(C(C)C)c3O)nc3c(-c4[c-]c(-c5cc(-c6ccccc6)ccn5)cc(-c5ccccc5)c4)cccc32)cc1-c1ccccc1.[Pt]. The molecule has 1 N–H and O–H groups in total. The molecule has 0 fully saturated rings. The zero-order chi connectivity index (χ0) is 47.1. The maximum absolute atomic E-state index is 12.5. The zero-order valence-electron chi connectivity index (χ0n) is 40.2. The van der Waals surface area contributed by atoms with Crippen LogP contribution in [0.4, 0.5) is 0 Å². The van der Waals surface area contributed by atoms with E-state index >= 15 is 0 Å². The van der Waals surface area contributed by atoms with Gasteiger partial charge in [0.15, 0.2) is 0 Å². The van der Waals surface area contributed by atoms with Gasteiger partial charge in [-0.2, -0.15) is 0 Å². The quantitative estimate of drug-likeness (QED) is 0.131. The molecule has 0 bridgehead atoms. The van der Waals surface area contributed by atoms with Gasteiger partial charge in [0.05, 0.1) is 22.3 Å². The van der Waals surface area contributed by atoms with Crippen LogP contribution in [0.2, 0.25) is 0 Å². The number of phenolic OH excluding ortho intramolecular Hbond substituents is 1. The van der Waals surface area contributed by atoms with E-state index in [9.17, 15) is 6.48 Å². The fraction of sp³-hybridized carbons (Fsp3) is 0.143. The molecule has 0 saturated heterocycles. The van der Waals surface area contributed by atoms with Crippen molar-refractivity contribution in [1.82, 2.24) is 14.5 Å². The van der Waals surface area contributed by atoms with E-state index in [0.717, 1.165) is 100 Å². The molecule has 2 aromatic heterocycles. The van der Waals surface area contributed by atoms with Crippen LogP contribution in [0.1, 0.15) is 77.3 Å². The van der Waals surface area contributed by atoms with Crippen molar-refractivity contribution < 1.29 is 27.5 Å². The number of hydrogen-bond donors (Lipinski definition) is 1. The minimum atomic E-state index is -0.928. The smallest absolute Gasteiger partial charge is 0.148 e. The summed E-state index contributed by atoms with van der Waals surface area (Å²) in [7, 11) is 0. The summed E-state index contributed by atoms with van der Waals surface area (Å²) in [4.78, 5) is 10.6. The zero-order valence-corrected chi connectivity index (χ0v) is 41.5. The number of imidazole rings is 1. The Morgan fingerprint density at radius 1 is 0.500 bits per heavy atom. The first-order valence-corrected chi connectivity index (χ1v) is 23.3. The molecule has 0 aliphatic rings. The number of para-hydroxylation sites is 1. The maximum atomic E-state index is 12.5. The molecule has 0 aliphatic heterocycles. The van der Waals surface area contributed by atoms with E-state index in [1.807, 2.05) is 44.3 Å². The summed E-state index contributed by atoms with van der Waals surface area (Å²) < 4.78 is 11.7. The molecular formula is C63H54N3OPt-. The normalized spacial score (nSPS) is 11.8. The number of hydrogen-bond acceptors (Lipinski definition) is 3. The third-order valence-electron chi connectivity index (χ3n) is 12.9. The first kappa shape index (κ1) is 44.7. The number of fused-ring (bicyclic) bond motifs is 1. The second-order valence-electron chi connectivity index (χ2n) is 18.3. The van der Waals surface area contributed by atoms with E-state index in [4.69, 9.17) is 9.97 Å². The number of phenols is 1. The summed E-state index contributed by atoms with van der Waals surface area (Å²) in [5, 5.41) is 12.5. The van der Waals surface area contributed by atoms with Crippen LogP contribution in [-0.4, -0.2) is 19.6 Å². The topological polar surface area (TPSA) is 50.9 Å². The maximum Gasteiger partial charge on any atom is 0.148 e. The molecule has 10 aromatic rings. The number of pyridine rings is 1. The largest absolute Gasteiger partial charge is 0.507 e. The van der Waals surface area contributed by atoms with Crippen LogP contribution in [0.3, 0.4) is 0 Å². The Bertz CT molecular complexity index is 3430. The Kier molecular flexibility index (Phi) is 12.9. The van der Waals surface area contributed by atoms with Crippen LogP contribution in [-0.2, 0) is 21.1 Å². The van der Waals surface area contributed by atoms with Gasteiger partial charge in [-0.1, -0.05) is 204 Å². The molecule has 0 radical (unpaired) electrons. The summed E-state index contributed by atoms with van der Waals surface area (Å²) in [6, 6.07) is 69.1. The molecule has 0 spiro atoms. The van der Waals surface area contributed by atoms with Crippen molar-refractivity contribution in [3.05, 3.63) is 217 Å². The fourth-order valence-electron chi connectivity index (χ4n) is 9.30. The molecular weight excluding hydrogens is 1010 g/mol. The third kappa shape index (κ3) is 8.90. The van der Waals surface area contributed by atoms with Gasteiger partial charge in [-0.3, -0.25) is 9.55 Å². The minimum absolute atomic E-state index is 0. The van der Waals surface area contributed by atoms with E-state index in [0.29, 0.717) is 11.4 Å². The van der Waals surface area contributed by atoms with Crippen LogP contribution in [0.25, 0.3) is 95.0 Å². The Balaban J connectivity index is 0.00000593. The molecule has 0 aliphatic carbocycles. The number of rotatable bonds is 11. The van der Waals surface area contributed by atoms with Crippen molar-refractivity contribution >= 4 is 11.0 Å². The number of benzene rings is 8. The third-order valence-corrected chi connectivity index (χ3v) is 12.9. The van der Waals surface area contributed by atoms with E-state index < -0.39 is 5.89 Å². The molecule has 0 amide bonds. The molecule has 0 saturated carbocycles. The molecule has 338 valence electrons. The predicted molar refractivity (Wildman–Crippen MR) is 280 cm³/mol. The monoisotopic (exact) mass is 1060 g/mol. The van der Waals surface area contributed by atoms with Gasteiger partial charge in [0.1, 0.15) is 11.6 Å². The molecule has 8 aromatic carbocycles. The van der Waals surface area contributed by atoms with Crippen LogP contribution >= 0.6 is 0 Å². The van der Waals surface area contributed by atoms with Gasteiger partial charge < -0.3 is 5.11 Å². The second-order valence-corrected chi connectivity index (χ2v) is 18.3. The number of nitrogens with zero attached hydrogens (tertiary/aromatic N) is 3. The second kappa shape index (κ2) is 19.6. The molecule has 4 nitrogen and oxygen atoms in total. The Morgan fingerprint density at radius 2 is 1.09 bits per heavy atom. The average molecular weight is 1070 g/mol. The van der Waals surface area contributed by atoms with Crippen molar-refractivity contribution in [2.75, 3.05) is 0 Å². The molecule has 10 rings (SSSR count). The van der Waals surface area contributed by atoms with E-state index in [1.54, 1.807) is 0 Å². The standard InChI is InChI=1S/C63H54N3O.Pt/c1-40(2)48-35-54(42(5)6)62(67)57(36-48)63-65-61-52(50-32-49(44-22-13-8-14-23-44)33-51(34-50)58-37-47(30-31-64-58)43-20-11-7-12-21-43)28-19-29-59(61)66(63)60-39-55(45-24-15-9-16-25-45)53(41(3)4)38-56(60)46-26-17-10-18-27-46;/h7-33,35-42,67H,1-6H3;/q-1;/i41D;. The van der Waals surface area contributed by atoms with Crippen molar-refractivity contribution in [2.45, 2.75) is 59.3 Å². The van der Waals surface area contributed by atoms with Crippen molar-refractivity contribution in [2.24, 2.45) is 0 Å². The van der Waals surface area contributed by atoms with Crippen LogP contribution in [0.5, 0.6) is 5.75 Å². The summed E-state index contributed by atoms with van der Waals surface area (Å²) in [5.41, 5.74) is 17.8. The van der Waals surface area contributed by atoms with Crippen LogP contribution < -0.4 is 0 Å². The molecule has 5 heteroatoms. The minimum Gasteiger partial charge on any atom is -0.507 e. The van der Waals surface area contributed by atoms with Crippen molar-refractivity contribution in [3.8, 4) is 89.7 Å². The van der Waals surface area contributed by atoms with Crippen molar-refractivity contribution in [1.29, 1.82) is 0 Å². The van der Waals surface area contributed by atoms with Gasteiger partial charge in [0.2, 0.25) is 0 Å². The van der Waals surface area contributed by atoms with Gasteiger partial charge in [0.25, 0.3) is 0 Å². The molecule has 68 heavy (non-hydrogen) atoms. The fourth-order valence-corrected chi connectivity index (χ4v) is 9.30. The summed E-state index contributed by atoms with van der Waals surface area (Å²) in [5.74, 6) is 0.182. The molecule has 0 atom stereocenters. The first-order chi connectivity index (χ1) is 32.9. The summed E-state index contributed by atoms with van der Waals surface area (Å²) in [6.07, 6.45) is 1.87. The summed E-state index contributed by atoms with van der Waals surface area (Å²) in [6.45, 7) is 12.6. The van der Waals surface area contributed by atoms with E-state index in [2.05, 4.69) is 202 Å². The Labute approximate surface area is 416 Å². The summed E-state index contributed by atoms with van der Waals surface area (Å²) >= 11 is 0. The van der Waals surface area contributed by atoms with Gasteiger partial charge >= 0.3 is 0 Å². The van der Waals surface area contributed by atoms with Crippen LogP contribution in [0, 0.1) is 6.07 Å². The number of aromatic hydroxyl groups is 1. The van der Waals surface area contributed by atoms with E-state index in [-0.39, 0.29) is 38.7 Å². The van der Waals surface area contributed by atoms with Gasteiger partial charge in [-0.25, -0.2) is 4.98 Å². The molecule has 0 unspecified atom stereocenters. The van der Waals surface area contributed by atoms with Gasteiger partial charge in [0, 0.05) is 39.9 Å². The Hall–Kier alpha value is -7.13. The predicted octanol–water partition coefficient (Wildman–Crippen LogP) is 17.0. The van der Waals surface area contributed by atoms with Crippen molar-refractivity contribution in [3.63, 3.8) is 0 Å². The van der Waals surface area contributed by atoms with E-state index in [1.165, 1.54) is 0 Å². The molecule has 2 heterocycles. The van der Waals surface area contributed by atoms with Gasteiger partial charge in [-0.15, -0.1) is 23.8 Å². The first-order valence-electron chi connectivity index (χ1n) is 23.8. The number of aromatic nitrogens is 3. The Morgan fingerprint density at radius 3 is 1.69 bits per heavy atom. The van der Waals surface area contributed by atoms with Gasteiger partial charge in [-0.05, 0) is 98.1 Å².